The molecule has 0 unspecified atom stereocenters. The highest BCUT2D eigenvalue weighted by Crippen LogP contribution is 2.47. The number of pyridine rings is 2. The first kappa shape index (κ1) is 19.0. The maximum Gasteiger partial charge on any atom is 0.417 e. The number of benzene rings is 2. The maximum absolute atomic E-state index is 13.0. The quantitative estimate of drug-likeness (QED) is 0.387. The van der Waals surface area contributed by atoms with Crippen LogP contribution in [0.1, 0.15) is 22.4 Å². The SMILES string of the molecule is O=C1Nc2ncccc2[C@]12Cc1cc3ccc(CNc4cccc5[nH]c(=O)oc45)nc3cc1C2. The summed E-state index contributed by atoms with van der Waals surface area (Å²) >= 11 is 0. The summed E-state index contributed by atoms with van der Waals surface area (Å²) in [6.07, 6.45) is 3.01. The average Bonchev–Trinajstić information content (AvgIpc) is 3.49. The van der Waals surface area contributed by atoms with Crippen molar-refractivity contribution in [2.45, 2.75) is 24.8 Å². The second-order valence-electron chi connectivity index (χ2n) is 8.96. The van der Waals surface area contributed by atoms with Crippen LogP contribution in [0.3, 0.4) is 0 Å². The van der Waals surface area contributed by atoms with Crippen molar-refractivity contribution in [2.75, 3.05) is 10.6 Å². The Kier molecular flexibility index (Phi) is 3.79. The Bertz CT molecular complexity index is 1700. The Balaban J connectivity index is 1.20. The predicted molar refractivity (Wildman–Crippen MR) is 128 cm³/mol. The lowest BCUT2D eigenvalue weighted by atomic mass is 9.79. The number of H-pyrrole nitrogens is 1. The molecule has 166 valence electrons. The zero-order chi connectivity index (χ0) is 22.9. The van der Waals surface area contributed by atoms with Gasteiger partial charge in [-0.2, -0.15) is 0 Å². The number of aromatic amines is 1. The summed E-state index contributed by atoms with van der Waals surface area (Å²) < 4.78 is 5.26. The third kappa shape index (κ3) is 2.71. The van der Waals surface area contributed by atoms with E-state index in [2.05, 4.69) is 38.8 Å². The molecule has 3 aromatic heterocycles. The topological polar surface area (TPSA) is 113 Å². The molecule has 2 aromatic carbocycles. The minimum absolute atomic E-state index is 0.0184. The largest absolute Gasteiger partial charge is 0.417 e. The fraction of sp³-hybridized carbons (Fsp3) is 0.154. The molecule has 1 spiro atoms. The first-order valence-corrected chi connectivity index (χ1v) is 11.1. The molecule has 3 N–H and O–H groups in total. The van der Waals surface area contributed by atoms with Crippen LogP contribution in [0, 0.1) is 0 Å². The average molecular weight is 449 g/mol. The molecule has 1 atom stereocenters. The van der Waals surface area contributed by atoms with Crippen molar-refractivity contribution in [3.8, 4) is 0 Å². The Hall–Kier alpha value is -4.46. The maximum atomic E-state index is 13.0. The smallest absolute Gasteiger partial charge is 0.406 e. The Morgan fingerprint density at radius 1 is 1.03 bits per heavy atom. The van der Waals surface area contributed by atoms with Crippen LogP contribution in [-0.4, -0.2) is 20.9 Å². The molecular formula is C26H19N5O3. The van der Waals surface area contributed by atoms with Gasteiger partial charge in [0.25, 0.3) is 0 Å². The lowest BCUT2D eigenvalue weighted by Gasteiger charge is -2.20. The molecule has 34 heavy (non-hydrogen) atoms. The van der Waals surface area contributed by atoms with E-state index in [4.69, 9.17) is 9.40 Å². The van der Waals surface area contributed by atoms with Crippen molar-refractivity contribution < 1.29 is 9.21 Å². The minimum Gasteiger partial charge on any atom is -0.406 e. The molecule has 0 saturated heterocycles. The van der Waals surface area contributed by atoms with Gasteiger partial charge >= 0.3 is 5.76 Å². The number of fused-ring (bicyclic) bond motifs is 5. The zero-order valence-corrected chi connectivity index (χ0v) is 18.0. The van der Waals surface area contributed by atoms with Gasteiger partial charge in [-0.1, -0.05) is 18.2 Å². The van der Waals surface area contributed by atoms with Gasteiger partial charge in [-0.25, -0.2) is 9.78 Å². The van der Waals surface area contributed by atoms with Crippen molar-refractivity contribution >= 4 is 39.4 Å². The highest BCUT2D eigenvalue weighted by molar-refractivity contribution is 6.06. The van der Waals surface area contributed by atoms with E-state index in [0.717, 1.165) is 33.4 Å². The molecule has 0 bridgehead atoms. The van der Waals surface area contributed by atoms with Gasteiger partial charge < -0.3 is 15.1 Å². The summed E-state index contributed by atoms with van der Waals surface area (Å²) in [5.41, 5.74) is 6.36. The molecule has 8 nitrogen and oxygen atoms in total. The predicted octanol–water partition coefficient (Wildman–Crippen LogP) is 3.67. The number of aromatic nitrogens is 3. The standard InChI is InChI=1S/C26H19N5O3/c32-24-26(18-3-2-8-27-23(18)31-24)11-15-9-14-6-7-17(29-21(14)10-16(15)12-26)13-28-19-4-1-5-20-22(19)34-25(33)30-20/h1-10,28H,11-13H2,(H,30,33)(H,27,31,32)/t26-/m1/s1. The number of amides is 1. The van der Waals surface area contributed by atoms with E-state index in [-0.39, 0.29) is 5.91 Å². The van der Waals surface area contributed by atoms with Crippen LogP contribution in [0.2, 0.25) is 0 Å². The molecule has 1 aliphatic heterocycles. The van der Waals surface area contributed by atoms with Crippen LogP contribution in [0.5, 0.6) is 0 Å². The number of carbonyl (C=O) groups excluding carboxylic acids is 1. The number of hydrogen-bond donors (Lipinski definition) is 3. The van der Waals surface area contributed by atoms with Gasteiger partial charge in [0.1, 0.15) is 5.82 Å². The highest BCUT2D eigenvalue weighted by Gasteiger charge is 2.51. The lowest BCUT2D eigenvalue weighted by molar-refractivity contribution is -0.120. The number of hydrogen-bond acceptors (Lipinski definition) is 6. The second kappa shape index (κ2) is 6.77. The van der Waals surface area contributed by atoms with E-state index in [1.54, 1.807) is 12.3 Å². The summed E-state index contributed by atoms with van der Waals surface area (Å²) in [5, 5.41) is 7.32. The Morgan fingerprint density at radius 3 is 2.82 bits per heavy atom. The molecule has 0 radical (unpaired) electrons. The van der Waals surface area contributed by atoms with E-state index < -0.39 is 11.2 Å². The zero-order valence-electron chi connectivity index (χ0n) is 18.0. The van der Waals surface area contributed by atoms with Crippen LogP contribution in [-0.2, 0) is 29.6 Å². The van der Waals surface area contributed by atoms with Gasteiger partial charge in [0.05, 0.1) is 34.4 Å². The van der Waals surface area contributed by atoms with Crippen molar-refractivity contribution in [1.82, 2.24) is 15.0 Å². The molecule has 0 fully saturated rings. The van der Waals surface area contributed by atoms with E-state index in [0.29, 0.717) is 36.3 Å². The van der Waals surface area contributed by atoms with E-state index in [9.17, 15) is 9.59 Å². The van der Waals surface area contributed by atoms with Crippen LogP contribution < -0.4 is 16.4 Å². The van der Waals surface area contributed by atoms with Crippen LogP contribution in [0.15, 0.2) is 70.0 Å². The van der Waals surface area contributed by atoms with Gasteiger partial charge in [-0.15, -0.1) is 0 Å². The van der Waals surface area contributed by atoms with Crippen LogP contribution in [0.25, 0.3) is 22.0 Å². The lowest BCUT2D eigenvalue weighted by Crippen LogP contribution is -2.35. The molecule has 5 aromatic rings. The highest BCUT2D eigenvalue weighted by atomic mass is 16.4. The number of rotatable bonds is 3. The minimum atomic E-state index is -0.590. The summed E-state index contributed by atoms with van der Waals surface area (Å²) in [6, 6.07) is 17.7. The third-order valence-corrected chi connectivity index (χ3v) is 6.95. The van der Waals surface area contributed by atoms with Crippen molar-refractivity contribution in [2.24, 2.45) is 0 Å². The van der Waals surface area contributed by atoms with Gasteiger partial charge in [-0.05, 0) is 60.4 Å². The fourth-order valence-electron chi connectivity index (χ4n) is 5.33. The van der Waals surface area contributed by atoms with E-state index >= 15 is 0 Å². The Labute approximate surface area is 193 Å². The Morgan fingerprint density at radius 2 is 1.91 bits per heavy atom. The third-order valence-electron chi connectivity index (χ3n) is 6.95. The van der Waals surface area contributed by atoms with Crippen molar-refractivity contribution in [3.05, 3.63) is 93.7 Å². The summed E-state index contributed by atoms with van der Waals surface area (Å²) in [6.45, 7) is 0.479. The first-order chi connectivity index (χ1) is 16.6. The van der Waals surface area contributed by atoms with Gasteiger partial charge in [0, 0.05) is 17.1 Å². The number of carbonyl (C=O) groups is 1. The summed E-state index contributed by atoms with van der Waals surface area (Å²) in [4.78, 5) is 36.4. The number of nitrogens with zero attached hydrogens (tertiary/aromatic N) is 2. The van der Waals surface area contributed by atoms with Gasteiger partial charge in [-0.3, -0.25) is 14.8 Å². The number of para-hydroxylation sites is 1. The number of nitrogens with one attached hydrogen (secondary N) is 3. The molecule has 2 aliphatic rings. The van der Waals surface area contributed by atoms with E-state index in [1.807, 2.05) is 30.3 Å². The molecule has 1 amide bonds. The van der Waals surface area contributed by atoms with Crippen molar-refractivity contribution in [1.29, 1.82) is 0 Å². The first-order valence-electron chi connectivity index (χ1n) is 11.1. The normalized spacial score (nSPS) is 18.4. The summed E-state index contributed by atoms with van der Waals surface area (Å²) in [5.74, 6) is 0.212. The molecular weight excluding hydrogens is 430 g/mol. The van der Waals surface area contributed by atoms with E-state index in [1.165, 1.54) is 5.56 Å². The fourth-order valence-corrected chi connectivity index (χ4v) is 5.33. The molecule has 0 saturated carbocycles. The monoisotopic (exact) mass is 449 g/mol. The van der Waals surface area contributed by atoms with Gasteiger partial charge in [0.2, 0.25) is 5.91 Å². The number of anilines is 2. The molecule has 7 rings (SSSR count). The van der Waals surface area contributed by atoms with Gasteiger partial charge in [0.15, 0.2) is 5.58 Å². The van der Waals surface area contributed by atoms with Crippen molar-refractivity contribution in [3.63, 3.8) is 0 Å². The second-order valence-corrected chi connectivity index (χ2v) is 8.96. The molecule has 8 heteroatoms. The molecule has 4 heterocycles. The summed E-state index contributed by atoms with van der Waals surface area (Å²) in [7, 11) is 0. The molecule has 1 aliphatic carbocycles. The van der Waals surface area contributed by atoms with Crippen LogP contribution >= 0.6 is 0 Å². The van der Waals surface area contributed by atoms with Crippen LogP contribution in [0.4, 0.5) is 11.5 Å². The number of oxazole rings is 1.